The van der Waals surface area contributed by atoms with Gasteiger partial charge < -0.3 is 14.4 Å². The van der Waals surface area contributed by atoms with Crippen LogP contribution in [0.15, 0.2) is 0 Å². The smallest absolute Gasteiger partial charge is 0.251 e. The summed E-state index contributed by atoms with van der Waals surface area (Å²) >= 11 is 0. The Bertz CT molecular complexity index is 380. The maximum absolute atomic E-state index is 12.6. The van der Waals surface area contributed by atoms with E-state index < -0.39 is 0 Å². The van der Waals surface area contributed by atoms with Gasteiger partial charge in [0, 0.05) is 32.2 Å². The van der Waals surface area contributed by atoms with E-state index in [2.05, 4.69) is 11.8 Å². The fourth-order valence-electron chi connectivity index (χ4n) is 3.65. The minimum atomic E-state index is -0.290. The van der Waals surface area contributed by atoms with Crippen LogP contribution in [0.2, 0.25) is 0 Å². The van der Waals surface area contributed by atoms with E-state index in [-0.39, 0.29) is 12.0 Å². The molecule has 5 nitrogen and oxygen atoms in total. The Morgan fingerprint density at radius 2 is 2.00 bits per heavy atom. The lowest BCUT2D eigenvalue weighted by atomic mass is 9.99. The highest BCUT2D eigenvalue weighted by Crippen LogP contribution is 2.30. The summed E-state index contributed by atoms with van der Waals surface area (Å²) in [5.41, 5.74) is 0. The molecule has 0 radical (unpaired) electrons. The summed E-state index contributed by atoms with van der Waals surface area (Å²) in [6.45, 7) is 10.3. The van der Waals surface area contributed by atoms with Gasteiger partial charge in [0.2, 0.25) is 0 Å². The first kappa shape index (κ1) is 16.2. The van der Waals surface area contributed by atoms with E-state index in [9.17, 15) is 4.79 Å². The second-order valence-corrected chi connectivity index (χ2v) is 7.05. The molecule has 5 heteroatoms. The Morgan fingerprint density at radius 3 is 2.64 bits per heavy atom. The molecule has 0 N–H and O–H groups in total. The van der Waals surface area contributed by atoms with Crippen LogP contribution in [0.1, 0.15) is 33.1 Å². The first-order valence-electron chi connectivity index (χ1n) is 8.91. The lowest BCUT2D eigenvalue weighted by Crippen LogP contribution is -2.47. The van der Waals surface area contributed by atoms with Crippen LogP contribution >= 0.6 is 0 Å². The maximum atomic E-state index is 12.6. The molecule has 3 atom stereocenters. The van der Waals surface area contributed by atoms with E-state index in [1.165, 1.54) is 12.8 Å². The van der Waals surface area contributed by atoms with E-state index in [0.29, 0.717) is 17.9 Å². The maximum Gasteiger partial charge on any atom is 0.251 e. The third-order valence-corrected chi connectivity index (χ3v) is 5.38. The van der Waals surface area contributed by atoms with Crippen molar-refractivity contribution in [2.24, 2.45) is 11.8 Å². The van der Waals surface area contributed by atoms with Gasteiger partial charge in [0.1, 0.15) is 6.10 Å². The minimum absolute atomic E-state index is 0.176. The van der Waals surface area contributed by atoms with Gasteiger partial charge in [0.15, 0.2) is 0 Å². The molecule has 2 aliphatic heterocycles. The van der Waals surface area contributed by atoms with Crippen LogP contribution in [0.3, 0.4) is 0 Å². The van der Waals surface area contributed by atoms with Crippen molar-refractivity contribution in [2.75, 3.05) is 46.0 Å². The molecule has 3 rings (SSSR count). The topological polar surface area (TPSA) is 42.0 Å². The molecule has 0 aromatic rings. The summed E-state index contributed by atoms with van der Waals surface area (Å²) in [6.07, 6.45) is 3.37. The number of nitrogens with zero attached hydrogens (tertiary/aromatic N) is 2. The zero-order valence-corrected chi connectivity index (χ0v) is 14.0. The minimum Gasteiger partial charge on any atom is -0.379 e. The predicted octanol–water partition coefficient (Wildman–Crippen LogP) is 1.37. The second-order valence-electron chi connectivity index (χ2n) is 7.05. The highest BCUT2D eigenvalue weighted by Gasteiger charge is 2.39. The molecule has 2 heterocycles. The van der Waals surface area contributed by atoms with Gasteiger partial charge in [-0.3, -0.25) is 9.69 Å². The van der Waals surface area contributed by atoms with E-state index in [1.807, 2.05) is 11.8 Å². The molecule has 22 heavy (non-hydrogen) atoms. The number of carbonyl (C=O) groups is 1. The lowest BCUT2D eigenvalue weighted by molar-refractivity contribution is -0.142. The van der Waals surface area contributed by atoms with E-state index in [0.717, 1.165) is 52.4 Å². The number of amides is 1. The molecular formula is C17H30N2O3. The molecular weight excluding hydrogens is 280 g/mol. The third kappa shape index (κ3) is 3.81. The van der Waals surface area contributed by atoms with E-state index in [1.54, 1.807) is 0 Å². The van der Waals surface area contributed by atoms with Crippen LogP contribution < -0.4 is 0 Å². The van der Waals surface area contributed by atoms with Gasteiger partial charge in [-0.1, -0.05) is 13.3 Å². The SMILES string of the molecule is CC[C@@H]1CN(C(=O)[C@H](C)OCC2CC2)C[C@@H]1N1CCOCC1. The van der Waals surface area contributed by atoms with Crippen LogP contribution in [0.5, 0.6) is 0 Å². The Morgan fingerprint density at radius 1 is 1.27 bits per heavy atom. The first-order chi connectivity index (χ1) is 10.7. The molecule has 1 saturated carbocycles. The molecule has 0 unspecified atom stereocenters. The highest BCUT2D eigenvalue weighted by molar-refractivity contribution is 5.81. The van der Waals surface area contributed by atoms with E-state index in [4.69, 9.17) is 9.47 Å². The zero-order chi connectivity index (χ0) is 15.5. The van der Waals surface area contributed by atoms with Gasteiger partial charge in [-0.25, -0.2) is 0 Å². The van der Waals surface area contributed by atoms with Crippen LogP contribution in [-0.4, -0.2) is 73.9 Å². The molecule has 3 aliphatic rings. The van der Waals surface area contributed by atoms with Crippen molar-refractivity contribution in [1.29, 1.82) is 0 Å². The molecule has 0 spiro atoms. The summed E-state index contributed by atoms with van der Waals surface area (Å²) in [4.78, 5) is 17.2. The first-order valence-corrected chi connectivity index (χ1v) is 8.91. The van der Waals surface area contributed by atoms with Crippen molar-refractivity contribution in [3.05, 3.63) is 0 Å². The molecule has 3 fully saturated rings. The van der Waals surface area contributed by atoms with Gasteiger partial charge in [-0.05, 0) is 31.6 Å². The Kier molecular flexibility index (Phi) is 5.37. The average Bonchev–Trinajstić information content (AvgIpc) is 3.29. The molecule has 0 aromatic carbocycles. The van der Waals surface area contributed by atoms with Crippen molar-refractivity contribution >= 4 is 5.91 Å². The van der Waals surface area contributed by atoms with Crippen molar-refractivity contribution in [2.45, 2.75) is 45.3 Å². The Labute approximate surface area is 133 Å². The summed E-state index contributed by atoms with van der Waals surface area (Å²) in [5, 5.41) is 0. The van der Waals surface area contributed by atoms with E-state index >= 15 is 0 Å². The highest BCUT2D eigenvalue weighted by atomic mass is 16.5. The monoisotopic (exact) mass is 310 g/mol. The fourth-order valence-corrected chi connectivity index (χ4v) is 3.65. The van der Waals surface area contributed by atoms with Gasteiger partial charge in [0.05, 0.1) is 19.8 Å². The summed E-state index contributed by atoms with van der Waals surface area (Å²) in [5.74, 6) is 1.46. The summed E-state index contributed by atoms with van der Waals surface area (Å²) < 4.78 is 11.2. The van der Waals surface area contributed by atoms with Crippen LogP contribution in [0.4, 0.5) is 0 Å². The van der Waals surface area contributed by atoms with Gasteiger partial charge in [-0.2, -0.15) is 0 Å². The van der Waals surface area contributed by atoms with Gasteiger partial charge in [0.25, 0.3) is 5.91 Å². The van der Waals surface area contributed by atoms with Crippen LogP contribution in [0, 0.1) is 11.8 Å². The van der Waals surface area contributed by atoms with Gasteiger partial charge >= 0.3 is 0 Å². The Hall–Kier alpha value is -0.650. The molecule has 0 aromatic heterocycles. The van der Waals surface area contributed by atoms with Crippen LogP contribution in [0.25, 0.3) is 0 Å². The molecule has 1 aliphatic carbocycles. The number of likely N-dealkylation sites (tertiary alicyclic amines) is 1. The molecule has 1 amide bonds. The largest absolute Gasteiger partial charge is 0.379 e. The average molecular weight is 310 g/mol. The number of hydrogen-bond acceptors (Lipinski definition) is 4. The molecule has 126 valence electrons. The quantitative estimate of drug-likeness (QED) is 0.743. The summed E-state index contributed by atoms with van der Waals surface area (Å²) in [7, 11) is 0. The fraction of sp³-hybridized carbons (Fsp3) is 0.941. The third-order valence-electron chi connectivity index (χ3n) is 5.38. The lowest BCUT2D eigenvalue weighted by Gasteiger charge is -2.34. The van der Waals surface area contributed by atoms with Crippen molar-refractivity contribution in [1.82, 2.24) is 9.80 Å². The number of rotatable bonds is 6. The normalized spacial score (nSPS) is 31.5. The standard InChI is InChI=1S/C17H30N2O3/c1-3-15-10-19(11-16(15)18-6-8-21-9-7-18)17(20)13(2)22-12-14-4-5-14/h13-16H,3-12H2,1-2H3/t13-,15+,16-/m0/s1. The zero-order valence-electron chi connectivity index (χ0n) is 14.0. The van der Waals surface area contributed by atoms with Crippen LogP contribution in [-0.2, 0) is 14.3 Å². The number of hydrogen-bond donors (Lipinski definition) is 0. The number of carbonyl (C=O) groups excluding carboxylic acids is 1. The number of morpholine rings is 1. The van der Waals surface area contributed by atoms with Crippen molar-refractivity contribution in [3.63, 3.8) is 0 Å². The van der Waals surface area contributed by atoms with Crippen molar-refractivity contribution in [3.8, 4) is 0 Å². The van der Waals surface area contributed by atoms with Crippen molar-refractivity contribution < 1.29 is 14.3 Å². The Balaban J connectivity index is 1.53. The number of ether oxygens (including phenoxy) is 2. The van der Waals surface area contributed by atoms with Gasteiger partial charge in [-0.15, -0.1) is 0 Å². The molecule has 2 saturated heterocycles. The molecule has 0 bridgehead atoms. The predicted molar refractivity (Wildman–Crippen MR) is 84.7 cm³/mol. The summed E-state index contributed by atoms with van der Waals surface area (Å²) in [6, 6.07) is 0.494. The second kappa shape index (κ2) is 7.28.